The molecular formula is C19H29F3IN5OS. The fraction of sp³-hybridized carbons (Fsp3) is 0.684. The summed E-state index contributed by atoms with van der Waals surface area (Å²) in [6.45, 7) is 4.19. The van der Waals surface area contributed by atoms with Crippen LogP contribution in [-0.4, -0.2) is 73.2 Å². The van der Waals surface area contributed by atoms with Gasteiger partial charge in [0.15, 0.2) is 5.96 Å². The zero-order chi connectivity index (χ0) is 20.9. The predicted octanol–water partition coefficient (Wildman–Crippen LogP) is 2.83. The van der Waals surface area contributed by atoms with E-state index in [0.29, 0.717) is 51.5 Å². The minimum atomic E-state index is -4.17. The molecule has 2 aliphatic heterocycles. The lowest BCUT2D eigenvalue weighted by molar-refractivity contribution is -0.143. The van der Waals surface area contributed by atoms with Gasteiger partial charge < -0.3 is 15.5 Å². The van der Waals surface area contributed by atoms with Crippen LogP contribution in [0, 0.1) is 0 Å². The number of aliphatic imine (C=N–C) groups is 1. The van der Waals surface area contributed by atoms with Crippen LogP contribution >= 0.6 is 35.3 Å². The number of alkyl halides is 3. The Balaban J connectivity index is 0.00000320. The first-order chi connectivity index (χ1) is 13.8. The largest absolute Gasteiger partial charge is 0.401 e. The van der Waals surface area contributed by atoms with Gasteiger partial charge in [0, 0.05) is 50.1 Å². The molecule has 170 valence electrons. The van der Waals surface area contributed by atoms with Crippen molar-refractivity contribution in [2.45, 2.75) is 44.9 Å². The fourth-order valence-electron chi connectivity index (χ4n) is 3.74. The number of fused-ring (bicyclic) bond motifs is 1. The summed E-state index contributed by atoms with van der Waals surface area (Å²) in [5.74, 6) is 0.636. The van der Waals surface area contributed by atoms with Crippen LogP contribution in [0.4, 0.5) is 13.2 Å². The van der Waals surface area contributed by atoms with E-state index in [-0.39, 0.29) is 35.9 Å². The number of nitrogens with zero attached hydrogens (tertiary/aromatic N) is 3. The summed E-state index contributed by atoms with van der Waals surface area (Å²) >= 11 is 1.74. The van der Waals surface area contributed by atoms with Crippen LogP contribution in [0.25, 0.3) is 0 Å². The molecule has 11 heteroatoms. The Morgan fingerprint density at radius 3 is 2.90 bits per heavy atom. The number of carbonyl (C=O) groups excluding carboxylic acids is 1. The highest BCUT2D eigenvalue weighted by molar-refractivity contribution is 14.0. The third-order valence-electron chi connectivity index (χ3n) is 5.12. The molecule has 1 unspecified atom stereocenters. The van der Waals surface area contributed by atoms with E-state index in [1.54, 1.807) is 11.3 Å². The monoisotopic (exact) mass is 559 g/mol. The van der Waals surface area contributed by atoms with Crippen molar-refractivity contribution in [3.8, 4) is 0 Å². The number of thiophene rings is 1. The van der Waals surface area contributed by atoms with Gasteiger partial charge in [-0.05, 0) is 36.8 Å². The Kier molecular flexibility index (Phi) is 9.67. The highest BCUT2D eigenvalue weighted by atomic mass is 127. The van der Waals surface area contributed by atoms with Crippen molar-refractivity contribution >= 4 is 47.2 Å². The van der Waals surface area contributed by atoms with Crippen molar-refractivity contribution in [2.24, 2.45) is 4.99 Å². The van der Waals surface area contributed by atoms with Crippen molar-refractivity contribution in [1.82, 2.24) is 20.4 Å². The number of hydrogen-bond donors (Lipinski definition) is 2. The lowest BCUT2D eigenvalue weighted by atomic mass is 10.1. The maximum Gasteiger partial charge on any atom is 0.401 e. The van der Waals surface area contributed by atoms with Crippen molar-refractivity contribution in [3.05, 3.63) is 21.9 Å². The summed E-state index contributed by atoms with van der Waals surface area (Å²) in [5, 5.41) is 8.38. The van der Waals surface area contributed by atoms with Crippen molar-refractivity contribution < 1.29 is 18.0 Å². The normalized spacial score (nSPS) is 19.9. The quantitative estimate of drug-likeness (QED) is 0.320. The van der Waals surface area contributed by atoms with Crippen molar-refractivity contribution in [2.75, 3.05) is 39.3 Å². The van der Waals surface area contributed by atoms with E-state index in [1.807, 2.05) is 11.8 Å². The minimum absolute atomic E-state index is 0. The van der Waals surface area contributed by atoms with E-state index < -0.39 is 12.7 Å². The molecular weight excluding hydrogens is 530 g/mol. The topological polar surface area (TPSA) is 60.0 Å². The first-order valence-electron chi connectivity index (χ1n) is 10.0. The number of halogens is 4. The van der Waals surface area contributed by atoms with Crippen LogP contribution in [0.2, 0.25) is 0 Å². The number of amides is 1. The van der Waals surface area contributed by atoms with Crippen LogP contribution < -0.4 is 10.6 Å². The summed E-state index contributed by atoms with van der Waals surface area (Å²) in [6.07, 6.45) is -2.31. The molecule has 1 atom stereocenters. The molecule has 2 N–H and O–H groups in total. The molecule has 1 fully saturated rings. The first-order valence-corrected chi connectivity index (χ1v) is 10.9. The number of rotatable bonds is 6. The zero-order valence-corrected chi connectivity index (χ0v) is 20.2. The van der Waals surface area contributed by atoms with Crippen LogP contribution in [0.1, 0.15) is 30.2 Å². The van der Waals surface area contributed by atoms with Gasteiger partial charge in [-0.2, -0.15) is 13.2 Å². The molecule has 3 rings (SSSR count). The molecule has 1 aromatic rings. The molecule has 1 aromatic heterocycles. The highest BCUT2D eigenvalue weighted by Gasteiger charge is 2.34. The number of guanidine groups is 1. The Hall–Kier alpha value is -1.08. The van der Waals surface area contributed by atoms with Crippen LogP contribution in [-0.2, 0) is 17.8 Å². The molecule has 0 aliphatic carbocycles. The molecule has 0 aromatic carbocycles. The summed E-state index contributed by atoms with van der Waals surface area (Å²) in [7, 11) is 0. The summed E-state index contributed by atoms with van der Waals surface area (Å²) in [5.41, 5.74) is 1.23. The zero-order valence-electron chi connectivity index (χ0n) is 17.0. The van der Waals surface area contributed by atoms with Gasteiger partial charge in [-0.25, -0.2) is 0 Å². The average molecular weight is 559 g/mol. The summed E-state index contributed by atoms with van der Waals surface area (Å²) in [4.78, 5) is 21.6. The number of nitrogens with one attached hydrogen (secondary N) is 2. The molecule has 6 nitrogen and oxygen atoms in total. The molecule has 0 spiro atoms. The Bertz CT molecular complexity index is 727. The molecule has 0 bridgehead atoms. The van der Waals surface area contributed by atoms with Crippen LogP contribution in [0.3, 0.4) is 0 Å². The Labute approximate surface area is 196 Å². The molecule has 1 saturated heterocycles. The maximum absolute atomic E-state index is 12.5. The molecule has 0 saturated carbocycles. The first kappa shape index (κ1) is 25.2. The fourth-order valence-corrected chi connectivity index (χ4v) is 4.63. The smallest absolute Gasteiger partial charge is 0.357 e. The third kappa shape index (κ3) is 7.56. The van der Waals surface area contributed by atoms with Gasteiger partial charge in [-0.15, -0.1) is 35.3 Å². The standard InChI is InChI=1S/C19H28F3N5OS.HI/c1-2-23-18(25-15-4-8-26(12-15)13-19(20,21)22)24-7-3-17(28)27-9-5-16-14(11-27)6-10-29-16;/h6,10,15H,2-5,7-9,11-13H2,1H3,(H2,23,24,25);1H. The highest BCUT2D eigenvalue weighted by Crippen LogP contribution is 2.24. The lowest BCUT2D eigenvalue weighted by Gasteiger charge is -2.27. The second-order valence-corrected chi connectivity index (χ2v) is 8.43. The van der Waals surface area contributed by atoms with Gasteiger partial charge in [-0.1, -0.05) is 0 Å². The predicted molar refractivity (Wildman–Crippen MR) is 123 cm³/mol. The molecule has 2 aliphatic rings. The summed E-state index contributed by atoms with van der Waals surface area (Å²) in [6, 6.07) is 2.00. The van der Waals surface area contributed by atoms with Crippen molar-refractivity contribution in [3.63, 3.8) is 0 Å². The Morgan fingerprint density at radius 1 is 1.37 bits per heavy atom. The molecule has 3 heterocycles. The van der Waals surface area contributed by atoms with Gasteiger partial charge >= 0.3 is 6.18 Å². The van der Waals surface area contributed by atoms with Gasteiger partial charge in [0.2, 0.25) is 5.91 Å². The average Bonchev–Trinajstić information content (AvgIpc) is 3.28. The third-order valence-corrected chi connectivity index (χ3v) is 6.14. The summed E-state index contributed by atoms with van der Waals surface area (Å²) < 4.78 is 37.6. The number of carbonyl (C=O) groups is 1. The van der Waals surface area contributed by atoms with E-state index in [9.17, 15) is 18.0 Å². The number of likely N-dealkylation sites (tertiary alicyclic amines) is 1. The second-order valence-electron chi connectivity index (χ2n) is 7.43. The van der Waals surface area contributed by atoms with Crippen LogP contribution in [0.5, 0.6) is 0 Å². The van der Waals surface area contributed by atoms with Crippen LogP contribution in [0.15, 0.2) is 16.4 Å². The Morgan fingerprint density at radius 2 is 2.17 bits per heavy atom. The van der Waals surface area contributed by atoms with E-state index in [0.717, 1.165) is 13.0 Å². The van der Waals surface area contributed by atoms with E-state index in [1.165, 1.54) is 15.3 Å². The van der Waals surface area contributed by atoms with Gasteiger partial charge in [-0.3, -0.25) is 14.7 Å². The lowest BCUT2D eigenvalue weighted by Crippen LogP contribution is -2.45. The molecule has 0 radical (unpaired) electrons. The SMILES string of the molecule is CCNC(=NCCC(=O)N1CCc2sccc2C1)NC1CCN(CC(F)(F)F)C1.I. The van der Waals surface area contributed by atoms with Gasteiger partial charge in [0.1, 0.15) is 0 Å². The van der Waals surface area contributed by atoms with E-state index in [2.05, 4.69) is 27.1 Å². The van der Waals surface area contributed by atoms with Gasteiger partial charge in [0.25, 0.3) is 0 Å². The van der Waals surface area contributed by atoms with Crippen molar-refractivity contribution in [1.29, 1.82) is 0 Å². The van der Waals surface area contributed by atoms with E-state index in [4.69, 9.17) is 0 Å². The molecule has 30 heavy (non-hydrogen) atoms. The number of hydrogen-bond acceptors (Lipinski definition) is 4. The van der Waals surface area contributed by atoms with E-state index >= 15 is 0 Å². The van der Waals surface area contributed by atoms with Gasteiger partial charge in [0.05, 0.1) is 13.1 Å². The minimum Gasteiger partial charge on any atom is -0.357 e. The molecule has 1 amide bonds. The second kappa shape index (κ2) is 11.5. The maximum atomic E-state index is 12.5.